The van der Waals surface area contributed by atoms with Gasteiger partial charge in [0.05, 0.1) is 17.9 Å². The number of carbonyl (C=O) groups is 5. The van der Waals surface area contributed by atoms with Crippen LogP contribution in [0.15, 0.2) is 65.5 Å². The van der Waals surface area contributed by atoms with Crippen LogP contribution in [0, 0.1) is 0 Å². The summed E-state index contributed by atoms with van der Waals surface area (Å²) in [5, 5.41) is 22.1. The van der Waals surface area contributed by atoms with Crippen molar-refractivity contribution in [3.8, 4) is 0 Å². The molecular weight excluding hydrogens is 657 g/mol. The molecule has 13 heteroatoms. The SMILES string of the molecule is CCCn1cc(C[C@@H](NC(=O)C(C)(C)NC(=O)O)C(=O)NC2Cc3cccc(N4CCCC4=O)c3N(Cc3ccsc3)C2=O)c2ccccc21. The average Bonchev–Trinajstić information content (AvgIpc) is 3.83. The van der Waals surface area contributed by atoms with Gasteiger partial charge in [-0.1, -0.05) is 37.3 Å². The van der Waals surface area contributed by atoms with Crippen molar-refractivity contribution in [3.63, 3.8) is 0 Å². The van der Waals surface area contributed by atoms with Gasteiger partial charge in [0.1, 0.15) is 17.6 Å². The monoisotopic (exact) mass is 698 g/mol. The first-order chi connectivity index (χ1) is 24.0. The van der Waals surface area contributed by atoms with Crippen LogP contribution >= 0.6 is 11.3 Å². The molecule has 2 aliphatic rings. The molecule has 2 atom stereocenters. The molecule has 1 unspecified atom stereocenters. The van der Waals surface area contributed by atoms with E-state index in [0.29, 0.717) is 24.3 Å². The number of thiophene rings is 1. The van der Waals surface area contributed by atoms with Crippen LogP contribution < -0.4 is 25.8 Å². The average molecular weight is 699 g/mol. The van der Waals surface area contributed by atoms with E-state index >= 15 is 0 Å². The maximum absolute atomic E-state index is 14.4. The van der Waals surface area contributed by atoms with E-state index < -0.39 is 35.5 Å². The first-order valence-electron chi connectivity index (χ1n) is 16.9. The van der Waals surface area contributed by atoms with Gasteiger partial charge in [-0.15, -0.1) is 0 Å². The number of nitrogens with one attached hydrogen (secondary N) is 3. The predicted octanol–water partition coefficient (Wildman–Crippen LogP) is 4.59. The number of aromatic nitrogens is 1. The summed E-state index contributed by atoms with van der Waals surface area (Å²) in [6, 6.07) is 13.3. The van der Waals surface area contributed by atoms with Crippen LogP contribution in [0.25, 0.3) is 10.9 Å². The van der Waals surface area contributed by atoms with Gasteiger partial charge in [-0.25, -0.2) is 4.79 Å². The van der Waals surface area contributed by atoms with Gasteiger partial charge in [0.25, 0.3) is 0 Å². The van der Waals surface area contributed by atoms with Crippen LogP contribution in [0.1, 0.15) is 56.7 Å². The second kappa shape index (κ2) is 14.4. The van der Waals surface area contributed by atoms with Crippen molar-refractivity contribution in [3.05, 3.63) is 82.2 Å². The Balaban J connectivity index is 1.33. The first-order valence-corrected chi connectivity index (χ1v) is 17.8. The third-order valence-corrected chi connectivity index (χ3v) is 10.1. The van der Waals surface area contributed by atoms with Gasteiger partial charge < -0.3 is 35.4 Å². The number of amides is 5. The molecule has 4 N–H and O–H groups in total. The van der Waals surface area contributed by atoms with E-state index in [2.05, 4.69) is 27.4 Å². The number of aryl methyl sites for hydroxylation is 1. The van der Waals surface area contributed by atoms with Crippen molar-refractivity contribution in [2.45, 2.75) is 83.6 Å². The van der Waals surface area contributed by atoms with E-state index in [9.17, 15) is 29.1 Å². The zero-order chi connectivity index (χ0) is 35.6. The number of nitrogens with zero attached hydrogens (tertiary/aromatic N) is 3. The molecule has 0 aliphatic carbocycles. The molecule has 4 aromatic rings. The predicted molar refractivity (Wildman–Crippen MR) is 192 cm³/mol. The summed E-state index contributed by atoms with van der Waals surface area (Å²) in [5.41, 5.74) is 3.37. The van der Waals surface area contributed by atoms with Crippen molar-refractivity contribution in [2.24, 2.45) is 0 Å². The van der Waals surface area contributed by atoms with Crippen molar-refractivity contribution < 1.29 is 29.1 Å². The van der Waals surface area contributed by atoms with Crippen molar-refractivity contribution in [1.82, 2.24) is 20.5 Å². The van der Waals surface area contributed by atoms with Crippen molar-refractivity contribution >= 4 is 63.3 Å². The highest BCUT2D eigenvalue weighted by Crippen LogP contribution is 2.40. The topological polar surface area (TPSA) is 153 Å². The van der Waals surface area contributed by atoms with E-state index in [-0.39, 0.29) is 31.2 Å². The Morgan fingerprint density at radius 3 is 2.58 bits per heavy atom. The molecule has 0 radical (unpaired) electrons. The molecule has 12 nitrogen and oxygen atoms in total. The molecule has 6 rings (SSSR count). The van der Waals surface area contributed by atoms with Gasteiger partial charge in [0, 0.05) is 49.5 Å². The molecule has 2 aliphatic heterocycles. The summed E-state index contributed by atoms with van der Waals surface area (Å²) >= 11 is 1.52. The number of carboxylic acid groups (broad SMARTS) is 1. The number of rotatable bonds is 12. The molecule has 50 heavy (non-hydrogen) atoms. The normalized spacial score (nSPS) is 16.7. The van der Waals surface area contributed by atoms with E-state index in [1.54, 1.807) is 9.80 Å². The molecule has 0 spiro atoms. The molecule has 0 bridgehead atoms. The minimum atomic E-state index is -1.54. The second-order valence-corrected chi connectivity index (χ2v) is 14.2. The summed E-state index contributed by atoms with van der Waals surface area (Å²) in [5.74, 6) is -1.57. The number of benzene rings is 2. The second-order valence-electron chi connectivity index (χ2n) is 13.4. The molecule has 0 saturated carbocycles. The number of anilines is 2. The zero-order valence-corrected chi connectivity index (χ0v) is 29.2. The fourth-order valence-corrected chi connectivity index (χ4v) is 7.55. The highest BCUT2D eigenvalue weighted by atomic mass is 32.1. The molecule has 1 saturated heterocycles. The van der Waals surface area contributed by atoms with Gasteiger partial charge in [-0.2, -0.15) is 11.3 Å². The quantitative estimate of drug-likeness (QED) is 0.170. The van der Waals surface area contributed by atoms with Crippen LogP contribution in [0.3, 0.4) is 0 Å². The third kappa shape index (κ3) is 7.09. The first kappa shape index (κ1) is 34.7. The Bertz CT molecular complexity index is 1940. The van der Waals surface area contributed by atoms with Crippen LogP contribution in [0.5, 0.6) is 0 Å². The maximum Gasteiger partial charge on any atom is 0.405 e. The Labute approximate surface area is 294 Å². The third-order valence-electron chi connectivity index (χ3n) is 9.33. The number of para-hydroxylation sites is 2. The van der Waals surface area contributed by atoms with Gasteiger partial charge in [0.2, 0.25) is 23.6 Å². The van der Waals surface area contributed by atoms with E-state index in [0.717, 1.165) is 47.0 Å². The Hall–Kier alpha value is -5.17. The van der Waals surface area contributed by atoms with Gasteiger partial charge in [0.15, 0.2) is 0 Å². The Kier molecular flexibility index (Phi) is 9.96. The lowest BCUT2D eigenvalue weighted by molar-refractivity contribution is -0.133. The summed E-state index contributed by atoms with van der Waals surface area (Å²) < 4.78 is 2.12. The molecule has 262 valence electrons. The number of carbonyl (C=O) groups excluding carboxylic acids is 4. The molecule has 4 heterocycles. The van der Waals surface area contributed by atoms with Crippen LogP contribution in [0.4, 0.5) is 16.2 Å². The Morgan fingerprint density at radius 2 is 1.88 bits per heavy atom. The molecule has 2 aromatic carbocycles. The lowest BCUT2D eigenvalue weighted by atomic mass is 9.94. The van der Waals surface area contributed by atoms with Crippen molar-refractivity contribution in [1.29, 1.82) is 0 Å². The number of fused-ring (bicyclic) bond motifs is 2. The molecule has 5 amide bonds. The lowest BCUT2D eigenvalue weighted by Crippen LogP contribution is -2.61. The van der Waals surface area contributed by atoms with Gasteiger partial charge in [-0.3, -0.25) is 19.2 Å². The highest BCUT2D eigenvalue weighted by molar-refractivity contribution is 7.07. The minimum absolute atomic E-state index is 0.0101. The van der Waals surface area contributed by atoms with Gasteiger partial charge in [-0.05, 0) is 72.3 Å². The van der Waals surface area contributed by atoms with E-state index in [4.69, 9.17) is 0 Å². The Morgan fingerprint density at radius 1 is 1.08 bits per heavy atom. The van der Waals surface area contributed by atoms with Crippen LogP contribution in [0.2, 0.25) is 0 Å². The van der Waals surface area contributed by atoms with E-state index in [1.165, 1.54) is 25.2 Å². The smallest absolute Gasteiger partial charge is 0.405 e. The standard InChI is InChI=1S/C37H42N6O6S/c1-4-15-41-21-25(26-10-5-6-11-29(26)41)19-27(39-35(47)37(2,3)40-36(48)49)33(45)38-28-18-24-9-7-12-30(42-16-8-13-31(42)44)32(24)43(34(28)46)20-23-14-17-50-22-23/h5-7,9-12,14,17,21-22,27-28,40H,4,8,13,15-16,18-20H2,1-3H3,(H,38,45)(H,39,47)(H,48,49)/t27-,28?/m1/s1. The van der Waals surface area contributed by atoms with E-state index in [1.807, 2.05) is 65.5 Å². The maximum atomic E-state index is 14.4. The summed E-state index contributed by atoms with van der Waals surface area (Å²) in [6.45, 7) is 6.51. The summed E-state index contributed by atoms with van der Waals surface area (Å²) in [7, 11) is 0. The number of hydrogen-bond donors (Lipinski definition) is 4. The lowest BCUT2D eigenvalue weighted by Gasteiger charge is -2.37. The van der Waals surface area contributed by atoms with Crippen molar-refractivity contribution in [2.75, 3.05) is 16.3 Å². The highest BCUT2D eigenvalue weighted by Gasteiger charge is 2.40. The molecular formula is C37H42N6O6S. The fourth-order valence-electron chi connectivity index (χ4n) is 6.89. The van der Waals surface area contributed by atoms with Crippen LogP contribution in [-0.4, -0.2) is 63.6 Å². The number of hydrogen-bond acceptors (Lipinski definition) is 6. The summed E-state index contributed by atoms with van der Waals surface area (Å²) in [6.07, 6.45) is 2.99. The largest absolute Gasteiger partial charge is 0.465 e. The molecule has 2 aromatic heterocycles. The summed E-state index contributed by atoms with van der Waals surface area (Å²) in [4.78, 5) is 69.8. The minimum Gasteiger partial charge on any atom is -0.465 e. The van der Waals surface area contributed by atoms with Crippen LogP contribution in [-0.2, 0) is 45.1 Å². The fraction of sp³-hybridized carbons (Fsp3) is 0.378. The van der Waals surface area contributed by atoms with Gasteiger partial charge >= 0.3 is 6.09 Å². The zero-order valence-electron chi connectivity index (χ0n) is 28.4. The molecule has 1 fully saturated rings.